The number of nitrogens with two attached hydrogens (primary N) is 1. The minimum Gasteiger partial charge on any atom is -0.396 e. The molecular formula is C18H18F2N2. The molecule has 2 nitrogen and oxygen atoms in total. The van der Waals surface area contributed by atoms with Crippen LogP contribution >= 0.6 is 0 Å². The van der Waals surface area contributed by atoms with Crippen molar-refractivity contribution < 1.29 is 8.78 Å². The number of anilines is 2. The Morgan fingerprint density at radius 1 is 1.05 bits per heavy atom. The Labute approximate surface area is 128 Å². The van der Waals surface area contributed by atoms with E-state index in [1.54, 1.807) is 0 Å². The quantitative estimate of drug-likeness (QED) is 0.741. The van der Waals surface area contributed by atoms with E-state index in [2.05, 4.69) is 25.2 Å². The molecule has 0 aromatic heterocycles. The highest BCUT2D eigenvalue weighted by Gasteiger charge is 2.23. The third-order valence-electron chi connectivity index (χ3n) is 3.88. The van der Waals surface area contributed by atoms with Gasteiger partial charge in [0, 0.05) is 22.9 Å². The van der Waals surface area contributed by atoms with Gasteiger partial charge in [-0.2, -0.15) is 0 Å². The van der Waals surface area contributed by atoms with Crippen molar-refractivity contribution in [2.45, 2.75) is 26.3 Å². The SMILES string of the molecule is CC1=CC(C)(C)Nc2ccc(-c3cc(F)cc(F)c3N)cc21. The normalized spacial score (nSPS) is 15.8. The predicted octanol–water partition coefficient (Wildman–Crippen LogP) is 4.82. The molecule has 3 N–H and O–H groups in total. The fraction of sp³-hybridized carbons (Fsp3) is 0.222. The molecule has 0 amide bonds. The Morgan fingerprint density at radius 3 is 2.50 bits per heavy atom. The maximum absolute atomic E-state index is 13.7. The minimum absolute atomic E-state index is 0.0351. The van der Waals surface area contributed by atoms with E-state index in [9.17, 15) is 8.78 Å². The van der Waals surface area contributed by atoms with Crippen LogP contribution in [0.15, 0.2) is 36.4 Å². The molecule has 114 valence electrons. The van der Waals surface area contributed by atoms with Crippen LogP contribution in [0.2, 0.25) is 0 Å². The molecule has 0 spiro atoms. The predicted molar refractivity (Wildman–Crippen MR) is 87.6 cm³/mol. The molecule has 1 aliphatic rings. The van der Waals surface area contributed by atoms with E-state index in [1.807, 2.05) is 25.1 Å². The summed E-state index contributed by atoms with van der Waals surface area (Å²) in [6, 6.07) is 7.72. The van der Waals surface area contributed by atoms with Crippen molar-refractivity contribution in [2.24, 2.45) is 0 Å². The number of nitrogen functional groups attached to an aromatic ring is 1. The van der Waals surface area contributed by atoms with Gasteiger partial charge >= 0.3 is 0 Å². The summed E-state index contributed by atoms with van der Waals surface area (Å²) < 4.78 is 27.1. The molecule has 0 radical (unpaired) electrons. The van der Waals surface area contributed by atoms with Crippen LogP contribution in [-0.2, 0) is 0 Å². The number of hydrogen-bond acceptors (Lipinski definition) is 2. The van der Waals surface area contributed by atoms with Crippen molar-refractivity contribution in [1.82, 2.24) is 0 Å². The van der Waals surface area contributed by atoms with Gasteiger partial charge in [-0.05, 0) is 50.1 Å². The highest BCUT2D eigenvalue weighted by molar-refractivity contribution is 5.86. The van der Waals surface area contributed by atoms with E-state index >= 15 is 0 Å². The molecule has 4 heteroatoms. The monoisotopic (exact) mass is 300 g/mol. The van der Waals surface area contributed by atoms with Crippen molar-refractivity contribution in [3.05, 3.63) is 53.6 Å². The topological polar surface area (TPSA) is 38.0 Å². The fourth-order valence-electron chi connectivity index (χ4n) is 2.97. The zero-order valence-corrected chi connectivity index (χ0v) is 12.8. The molecule has 3 rings (SSSR count). The van der Waals surface area contributed by atoms with E-state index in [0.717, 1.165) is 22.9 Å². The van der Waals surface area contributed by atoms with Crippen molar-refractivity contribution in [1.29, 1.82) is 0 Å². The Bertz CT molecular complexity index is 792. The molecule has 0 saturated carbocycles. The van der Waals surface area contributed by atoms with Crippen LogP contribution in [0.5, 0.6) is 0 Å². The molecule has 0 bridgehead atoms. The van der Waals surface area contributed by atoms with Crippen molar-refractivity contribution >= 4 is 16.9 Å². The molecule has 22 heavy (non-hydrogen) atoms. The van der Waals surface area contributed by atoms with E-state index < -0.39 is 11.6 Å². The lowest BCUT2D eigenvalue weighted by Gasteiger charge is -2.31. The highest BCUT2D eigenvalue weighted by Crippen LogP contribution is 2.38. The van der Waals surface area contributed by atoms with E-state index in [1.165, 1.54) is 6.07 Å². The van der Waals surface area contributed by atoms with Crippen LogP contribution in [0.1, 0.15) is 26.3 Å². The van der Waals surface area contributed by atoms with E-state index in [4.69, 9.17) is 5.73 Å². The van der Waals surface area contributed by atoms with Crippen LogP contribution in [-0.4, -0.2) is 5.54 Å². The summed E-state index contributed by atoms with van der Waals surface area (Å²) in [6.07, 6.45) is 2.13. The summed E-state index contributed by atoms with van der Waals surface area (Å²) in [5, 5.41) is 3.43. The number of fused-ring (bicyclic) bond motifs is 1. The number of allylic oxidation sites excluding steroid dienone is 1. The zero-order valence-electron chi connectivity index (χ0n) is 12.8. The highest BCUT2D eigenvalue weighted by atomic mass is 19.1. The maximum Gasteiger partial charge on any atom is 0.149 e. The second-order valence-electron chi connectivity index (χ2n) is 6.28. The summed E-state index contributed by atoms with van der Waals surface area (Å²) >= 11 is 0. The summed E-state index contributed by atoms with van der Waals surface area (Å²) in [5.74, 6) is -1.37. The van der Waals surface area contributed by atoms with Crippen LogP contribution in [0, 0.1) is 11.6 Å². The molecule has 0 saturated heterocycles. The average Bonchev–Trinajstić information content (AvgIpc) is 2.41. The Morgan fingerprint density at radius 2 is 1.77 bits per heavy atom. The van der Waals surface area contributed by atoms with Crippen molar-refractivity contribution in [2.75, 3.05) is 11.1 Å². The molecule has 0 aliphatic carbocycles. The number of hydrogen-bond donors (Lipinski definition) is 2. The minimum atomic E-state index is -0.737. The lowest BCUT2D eigenvalue weighted by atomic mass is 9.89. The number of rotatable bonds is 1. The number of benzene rings is 2. The molecule has 0 unspecified atom stereocenters. The lowest BCUT2D eigenvalue weighted by Crippen LogP contribution is -2.31. The Balaban J connectivity index is 2.15. The second-order valence-corrected chi connectivity index (χ2v) is 6.28. The largest absolute Gasteiger partial charge is 0.396 e. The second kappa shape index (κ2) is 4.83. The fourth-order valence-corrected chi connectivity index (χ4v) is 2.97. The van der Waals surface area contributed by atoms with Crippen molar-refractivity contribution in [3.63, 3.8) is 0 Å². The van der Waals surface area contributed by atoms with Gasteiger partial charge in [0.15, 0.2) is 0 Å². The average molecular weight is 300 g/mol. The first kappa shape index (κ1) is 14.6. The number of nitrogens with one attached hydrogen (secondary N) is 1. The van der Waals surface area contributed by atoms with Gasteiger partial charge in [0.2, 0.25) is 0 Å². The van der Waals surface area contributed by atoms with E-state index in [0.29, 0.717) is 11.1 Å². The Kier molecular flexibility index (Phi) is 3.20. The smallest absolute Gasteiger partial charge is 0.149 e. The van der Waals surface area contributed by atoms with E-state index in [-0.39, 0.29) is 11.2 Å². The molecule has 1 heterocycles. The van der Waals surface area contributed by atoms with Gasteiger partial charge in [-0.25, -0.2) is 8.78 Å². The standard InChI is InChI=1S/C18H18F2N2/c1-10-9-18(2,3)22-16-5-4-11(6-13(10)16)14-7-12(19)8-15(20)17(14)21/h4-9,22H,21H2,1-3H3. The summed E-state index contributed by atoms with van der Waals surface area (Å²) in [4.78, 5) is 0. The number of halogens is 2. The van der Waals surface area contributed by atoms with Crippen LogP contribution in [0.3, 0.4) is 0 Å². The van der Waals surface area contributed by atoms with Gasteiger partial charge in [0.25, 0.3) is 0 Å². The molecule has 1 aliphatic heterocycles. The van der Waals surface area contributed by atoms with Gasteiger partial charge in [-0.1, -0.05) is 12.1 Å². The lowest BCUT2D eigenvalue weighted by molar-refractivity contribution is 0.587. The molecular weight excluding hydrogens is 282 g/mol. The van der Waals surface area contributed by atoms with Crippen LogP contribution in [0.4, 0.5) is 20.2 Å². The summed E-state index contributed by atoms with van der Waals surface area (Å²) in [5.41, 5.74) is 9.82. The first-order valence-electron chi connectivity index (χ1n) is 7.14. The van der Waals surface area contributed by atoms with Gasteiger partial charge in [0.1, 0.15) is 11.6 Å². The molecule has 2 aromatic rings. The third-order valence-corrected chi connectivity index (χ3v) is 3.88. The maximum atomic E-state index is 13.7. The van der Waals surface area contributed by atoms with Crippen molar-refractivity contribution in [3.8, 4) is 11.1 Å². The summed E-state index contributed by atoms with van der Waals surface area (Å²) in [6.45, 7) is 6.21. The molecule has 0 fully saturated rings. The Hall–Kier alpha value is -2.36. The molecule has 2 aromatic carbocycles. The van der Waals surface area contributed by atoms with Gasteiger partial charge < -0.3 is 11.1 Å². The molecule has 0 atom stereocenters. The summed E-state index contributed by atoms with van der Waals surface area (Å²) in [7, 11) is 0. The third kappa shape index (κ3) is 2.45. The van der Waals surface area contributed by atoms with Gasteiger partial charge in [-0.15, -0.1) is 0 Å². The zero-order chi connectivity index (χ0) is 16.1. The van der Waals surface area contributed by atoms with Gasteiger partial charge in [0.05, 0.1) is 11.2 Å². The first-order chi connectivity index (χ1) is 10.3. The first-order valence-corrected chi connectivity index (χ1v) is 7.14. The van der Waals surface area contributed by atoms with Crippen LogP contribution < -0.4 is 11.1 Å². The van der Waals surface area contributed by atoms with Crippen LogP contribution in [0.25, 0.3) is 16.7 Å². The van der Waals surface area contributed by atoms with Gasteiger partial charge in [-0.3, -0.25) is 0 Å².